The number of halogens is 3. The minimum Gasteiger partial charge on any atom is -0.218 e. The first-order valence-corrected chi connectivity index (χ1v) is 2.90. The molecule has 0 unspecified atom stereocenters. The van der Waals surface area contributed by atoms with Gasteiger partial charge < -0.3 is 0 Å². The van der Waals surface area contributed by atoms with E-state index in [0.29, 0.717) is 0 Å². The van der Waals surface area contributed by atoms with Gasteiger partial charge in [-0.1, -0.05) is 15.9 Å². The van der Waals surface area contributed by atoms with Gasteiger partial charge in [-0.25, -0.2) is 8.78 Å². The first kappa shape index (κ1) is 8.40. The first-order valence-electron chi connectivity index (χ1n) is 2.11. The molecule has 0 fully saturated rings. The predicted octanol–water partition coefficient (Wildman–Crippen LogP) is 1.92. The van der Waals surface area contributed by atoms with E-state index in [9.17, 15) is 8.78 Å². The maximum atomic E-state index is 12.0. The number of alkyl halides is 3. The Labute approximate surface area is 57.2 Å². The third-order valence-corrected chi connectivity index (χ3v) is 1.32. The van der Waals surface area contributed by atoms with Gasteiger partial charge in [0.1, 0.15) is 0 Å². The molecule has 0 atom stereocenters. The van der Waals surface area contributed by atoms with Gasteiger partial charge in [-0.3, -0.25) is 0 Å². The lowest BCUT2D eigenvalue weighted by atomic mass is 9.88. The van der Waals surface area contributed by atoms with Gasteiger partial charge in [-0.15, -0.1) is 0 Å². The Morgan fingerprint density at radius 2 is 1.50 bits per heavy atom. The highest BCUT2D eigenvalue weighted by Crippen LogP contribution is 2.32. The lowest BCUT2D eigenvalue weighted by molar-refractivity contribution is 0.0648. The quantitative estimate of drug-likeness (QED) is 0.430. The van der Waals surface area contributed by atoms with Crippen LogP contribution in [0.2, 0.25) is 0 Å². The second-order valence-electron chi connectivity index (χ2n) is 2.10. The molecule has 8 heavy (non-hydrogen) atoms. The van der Waals surface area contributed by atoms with Crippen molar-refractivity contribution >= 4 is 23.8 Å². The van der Waals surface area contributed by atoms with Crippen molar-refractivity contribution in [2.24, 2.45) is 0 Å². The molecule has 0 aromatic carbocycles. The van der Waals surface area contributed by atoms with Crippen LogP contribution in [0, 0.1) is 0 Å². The second-order valence-corrected chi connectivity index (χ2v) is 4.08. The molecule has 0 aliphatic heterocycles. The van der Waals surface area contributed by atoms with Crippen molar-refractivity contribution in [3.05, 3.63) is 0 Å². The average Bonchev–Trinajstić information content (AvgIpc) is 1.25. The van der Waals surface area contributed by atoms with Crippen molar-refractivity contribution < 1.29 is 8.78 Å². The third-order valence-electron chi connectivity index (χ3n) is 0.793. The van der Waals surface area contributed by atoms with E-state index in [-0.39, 0.29) is 0 Å². The van der Waals surface area contributed by atoms with Gasteiger partial charge in [0, 0.05) is 0 Å². The van der Waals surface area contributed by atoms with Crippen molar-refractivity contribution in [3.8, 4) is 0 Å². The average molecular weight is 183 g/mol. The number of hydrogen-bond acceptors (Lipinski definition) is 0. The van der Waals surface area contributed by atoms with Crippen LogP contribution in [0.3, 0.4) is 0 Å². The molecule has 0 saturated carbocycles. The van der Waals surface area contributed by atoms with E-state index in [1.807, 2.05) is 0 Å². The molecule has 0 amide bonds. The van der Waals surface area contributed by atoms with Crippen LogP contribution in [0.1, 0.15) is 13.8 Å². The predicted molar refractivity (Wildman–Crippen MR) is 33.7 cm³/mol. The van der Waals surface area contributed by atoms with Crippen LogP contribution in [-0.2, 0) is 0 Å². The molecule has 46 valence electrons. The van der Waals surface area contributed by atoms with Crippen LogP contribution in [-0.4, -0.2) is 18.0 Å². The summed E-state index contributed by atoms with van der Waals surface area (Å²) in [5.41, 5.74) is 0. The molecule has 0 spiro atoms. The molecule has 0 aliphatic carbocycles. The standard InChI is InChI=1S/C4H6BBrF2/c1-3(2,6)4(5,7)8/h1-2H3. The molecule has 0 saturated heterocycles. The van der Waals surface area contributed by atoms with Gasteiger partial charge in [0.2, 0.25) is 5.82 Å². The van der Waals surface area contributed by atoms with Gasteiger partial charge in [0.15, 0.2) is 7.85 Å². The van der Waals surface area contributed by atoms with E-state index in [4.69, 9.17) is 0 Å². The Morgan fingerprint density at radius 1 is 1.38 bits per heavy atom. The molecule has 0 heterocycles. The fourth-order valence-electron chi connectivity index (χ4n) is 0. The van der Waals surface area contributed by atoms with E-state index in [1.165, 1.54) is 13.8 Å². The van der Waals surface area contributed by atoms with Crippen LogP contribution in [0.5, 0.6) is 0 Å². The summed E-state index contributed by atoms with van der Waals surface area (Å²) in [5.74, 6) is -3.15. The van der Waals surface area contributed by atoms with Gasteiger partial charge in [-0.2, -0.15) is 0 Å². The summed E-state index contributed by atoms with van der Waals surface area (Å²) < 4.78 is 22.6. The smallest absolute Gasteiger partial charge is 0.214 e. The zero-order chi connectivity index (χ0) is 7.00. The van der Waals surface area contributed by atoms with Crippen LogP contribution < -0.4 is 0 Å². The van der Waals surface area contributed by atoms with Gasteiger partial charge >= 0.3 is 0 Å². The summed E-state index contributed by atoms with van der Waals surface area (Å²) in [4.78, 5) is 0. The minimum absolute atomic E-state index is 1.31. The second kappa shape index (κ2) is 1.97. The summed E-state index contributed by atoms with van der Waals surface area (Å²) in [7, 11) is 4.43. The monoisotopic (exact) mass is 182 g/mol. The SMILES string of the molecule is [B]C(F)(F)C(C)(C)Br. The normalized spacial score (nSPS) is 14.1. The topological polar surface area (TPSA) is 0 Å². The maximum absolute atomic E-state index is 12.0. The van der Waals surface area contributed by atoms with Crippen LogP contribution in [0.15, 0.2) is 0 Å². The molecule has 0 rings (SSSR count). The number of rotatable bonds is 1. The van der Waals surface area contributed by atoms with Crippen molar-refractivity contribution in [2.75, 3.05) is 0 Å². The minimum atomic E-state index is -3.15. The zero-order valence-corrected chi connectivity index (χ0v) is 6.30. The van der Waals surface area contributed by atoms with E-state index < -0.39 is 10.1 Å². The summed E-state index contributed by atoms with van der Waals surface area (Å²) in [5, 5.41) is 0. The Balaban J connectivity index is 4.02. The zero-order valence-electron chi connectivity index (χ0n) is 4.71. The van der Waals surface area contributed by atoms with Gasteiger partial charge in [0.25, 0.3) is 0 Å². The largest absolute Gasteiger partial charge is 0.218 e. The molecular formula is C4H6BBrF2. The molecule has 0 aromatic rings. The molecule has 0 aliphatic rings. The van der Waals surface area contributed by atoms with Crippen LogP contribution >= 0.6 is 15.9 Å². The molecular weight excluding hydrogens is 177 g/mol. The van der Waals surface area contributed by atoms with Crippen LogP contribution in [0.4, 0.5) is 8.78 Å². The highest BCUT2D eigenvalue weighted by Gasteiger charge is 2.38. The number of hydrogen-bond donors (Lipinski definition) is 0. The summed E-state index contributed by atoms with van der Waals surface area (Å²) in [6.45, 7) is 2.62. The molecule has 4 heteroatoms. The Kier molecular flexibility index (Phi) is 2.07. The highest BCUT2D eigenvalue weighted by atomic mass is 79.9. The maximum Gasteiger partial charge on any atom is 0.214 e. The Bertz CT molecular complexity index is 69.0. The summed E-state index contributed by atoms with van der Waals surface area (Å²) in [6.07, 6.45) is 0. The van der Waals surface area contributed by atoms with E-state index in [2.05, 4.69) is 23.8 Å². The van der Waals surface area contributed by atoms with Gasteiger partial charge in [0.05, 0.1) is 4.32 Å². The third kappa shape index (κ3) is 2.12. The summed E-state index contributed by atoms with van der Waals surface area (Å²) >= 11 is 2.72. The lowest BCUT2D eigenvalue weighted by Crippen LogP contribution is -2.37. The molecule has 0 aromatic heterocycles. The van der Waals surface area contributed by atoms with Crippen molar-refractivity contribution in [3.63, 3.8) is 0 Å². The van der Waals surface area contributed by atoms with E-state index in [1.54, 1.807) is 0 Å². The fraction of sp³-hybridized carbons (Fsp3) is 1.00. The Morgan fingerprint density at radius 3 is 1.50 bits per heavy atom. The van der Waals surface area contributed by atoms with E-state index in [0.717, 1.165) is 0 Å². The first-order chi connectivity index (χ1) is 3.25. The molecule has 2 radical (unpaired) electrons. The molecule has 0 N–H and O–H groups in total. The highest BCUT2D eigenvalue weighted by molar-refractivity contribution is 9.10. The Hall–Kier alpha value is 0.405. The van der Waals surface area contributed by atoms with Crippen molar-refractivity contribution in [1.29, 1.82) is 0 Å². The van der Waals surface area contributed by atoms with Gasteiger partial charge in [-0.05, 0) is 13.8 Å². The van der Waals surface area contributed by atoms with Crippen molar-refractivity contribution in [2.45, 2.75) is 24.0 Å². The van der Waals surface area contributed by atoms with E-state index >= 15 is 0 Å². The summed E-state index contributed by atoms with van der Waals surface area (Å²) in [6, 6.07) is 0. The van der Waals surface area contributed by atoms with Crippen LogP contribution in [0.25, 0.3) is 0 Å². The van der Waals surface area contributed by atoms with Crippen molar-refractivity contribution in [1.82, 2.24) is 0 Å². The molecule has 0 nitrogen and oxygen atoms in total. The fourth-order valence-corrected chi connectivity index (χ4v) is 0. The lowest BCUT2D eigenvalue weighted by Gasteiger charge is -2.24. The molecule has 0 bridgehead atoms.